The largest absolute Gasteiger partial charge is 0.448 e. The minimum absolute atomic E-state index is 0.0557. The fraction of sp³-hybridized carbons (Fsp3) is 0.571. The number of thioether (sulfide) groups is 1. The van der Waals surface area contributed by atoms with Gasteiger partial charge in [0, 0.05) is 44.6 Å². The van der Waals surface area contributed by atoms with Crippen molar-refractivity contribution < 1.29 is 43.4 Å². The number of rotatable bonds is 8. The van der Waals surface area contributed by atoms with Crippen LogP contribution in [0.1, 0.15) is 26.0 Å². The fourth-order valence-electron chi connectivity index (χ4n) is 4.04. The van der Waals surface area contributed by atoms with Gasteiger partial charge in [-0.05, 0) is 6.42 Å². The van der Waals surface area contributed by atoms with Crippen molar-refractivity contribution in [3.63, 3.8) is 0 Å². The summed E-state index contributed by atoms with van der Waals surface area (Å²) in [5.74, 6) is -2.69. The predicted octanol–water partition coefficient (Wildman–Crippen LogP) is -0.415. The summed E-state index contributed by atoms with van der Waals surface area (Å²) in [5.41, 5.74) is 3.79. The van der Waals surface area contributed by atoms with E-state index in [1.54, 1.807) is 0 Å². The maximum Gasteiger partial charge on any atom is 0.409 e. The molecule has 38 heavy (non-hydrogen) atoms. The summed E-state index contributed by atoms with van der Waals surface area (Å²) in [6.45, 7) is 3.12. The van der Waals surface area contributed by atoms with Crippen LogP contribution in [0.4, 0.5) is 9.93 Å². The Balaban J connectivity index is 1.44. The van der Waals surface area contributed by atoms with Crippen molar-refractivity contribution in [3.05, 3.63) is 11.1 Å². The molecule has 3 aliphatic heterocycles. The van der Waals surface area contributed by atoms with Crippen LogP contribution in [-0.4, -0.2) is 105 Å². The molecule has 206 valence electrons. The number of ether oxygens (including phenoxy) is 3. The number of amides is 3. The van der Waals surface area contributed by atoms with Gasteiger partial charge in [0.15, 0.2) is 10.8 Å². The Morgan fingerprint density at radius 2 is 2.08 bits per heavy atom. The van der Waals surface area contributed by atoms with E-state index in [-0.39, 0.29) is 29.7 Å². The molecule has 4 atom stereocenters. The van der Waals surface area contributed by atoms with Gasteiger partial charge in [0.2, 0.25) is 12.2 Å². The predicted molar refractivity (Wildman–Crippen MR) is 132 cm³/mol. The van der Waals surface area contributed by atoms with Crippen LogP contribution >= 0.6 is 23.1 Å². The average molecular weight is 571 g/mol. The number of esters is 2. The van der Waals surface area contributed by atoms with Gasteiger partial charge in [-0.15, -0.1) is 23.1 Å². The summed E-state index contributed by atoms with van der Waals surface area (Å²) in [7, 11) is 0. The number of fused-ring (bicyclic) bond motifs is 1. The zero-order valence-corrected chi connectivity index (χ0v) is 22.1. The molecule has 0 aromatic carbocycles. The van der Waals surface area contributed by atoms with Gasteiger partial charge in [-0.25, -0.2) is 9.78 Å². The van der Waals surface area contributed by atoms with Crippen LogP contribution in [0.25, 0.3) is 0 Å². The second-order valence-electron chi connectivity index (χ2n) is 8.90. The summed E-state index contributed by atoms with van der Waals surface area (Å²) < 4.78 is 15.6. The van der Waals surface area contributed by atoms with Gasteiger partial charge < -0.3 is 40.3 Å². The molecule has 0 radical (unpaired) electrons. The Kier molecular flexibility index (Phi) is 7.96. The molecule has 3 amide bonds. The van der Waals surface area contributed by atoms with Crippen molar-refractivity contribution in [2.45, 2.75) is 38.0 Å². The van der Waals surface area contributed by atoms with Crippen LogP contribution in [0.15, 0.2) is 10.5 Å². The number of nitrogens with two attached hydrogens (primary N) is 1. The summed E-state index contributed by atoms with van der Waals surface area (Å²) >= 11 is 2.23. The molecule has 4 N–H and O–H groups in total. The van der Waals surface area contributed by atoms with E-state index in [0.717, 1.165) is 17.8 Å². The molecular weight excluding hydrogens is 544 g/mol. The lowest BCUT2D eigenvalue weighted by atomic mass is 9.88. The lowest BCUT2D eigenvalue weighted by molar-refractivity contribution is -0.193. The number of nitrogen functional groups attached to an aromatic ring is 1. The molecule has 1 aromatic rings. The van der Waals surface area contributed by atoms with Crippen LogP contribution in [0.5, 0.6) is 0 Å². The SMILES string of the molecule is CC(=O)OC(C)OC(=O)C1(COC(=O)N2CCC2)CS[C@@H]2C(NC(=O)C(=NO)c3csc(N)n3)C(=O)N2C1. The summed E-state index contributed by atoms with van der Waals surface area (Å²) in [6.07, 6.45) is -0.920. The Labute approximate surface area is 224 Å². The molecule has 0 bridgehead atoms. The number of aromatic nitrogens is 1. The molecule has 3 fully saturated rings. The van der Waals surface area contributed by atoms with E-state index in [2.05, 4.69) is 15.5 Å². The van der Waals surface area contributed by atoms with Crippen molar-refractivity contribution in [2.24, 2.45) is 10.6 Å². The number of carbonyl (C=O) groups is 5. The molecule has 4 heterocycles. The molecule has 0 aliphatic carbocycles. The highest BCUT2D eigenvalue weighted by molar-refractivity contribution is 8.00. The number of hydrogen-bond donors (Lipinski definition) is 3. The number of oxime groups is 1. The zero-order valence-electron chi connectivity index (χ0n) is 20.4. The number of anilines is 1. The third kappa shape index (κ3) is 5.47. The van der Waals surface area contributed by atoms with Crippen molar-refractivity contribution in [1.82, 2.24) is 20.1 Å². The third-order valence-corrected chi connectivity index (χ3v) is 8.40. The Morgan fingerprint density at radius 3 is 2.66 bits per heavy atom. The molecule has 3 saturated heterocycles. The quantitative estimate of drug-likeness (QED) is 0.0911. The van der Waals surface area contributed by atoms with E-state index >= 15 is 0 Å². The lowest BCUT2D eigenvalue weighted by Gasteiger charge is -2.53. The van der Waals surface area contributed by atoms with Gasteiger partial charge in [0.1, 0.15) is 29.1 Å². The van der Waals surface area contributed by atoms with Crippen LogP contribution < -0.4 is 11.1 Å². The minimum Gasteiger partial charge on any atom is -0.448 e. The highest BCUT2D eigenvalue weighted by Crippen LogP contribution is 2.43. The van der Waals surface area contributed by atoms with E-state index in [4.69, 9.17) is 19.9 Å². The van der Waals surface area contributed by atoms with Crippen molar-refractivity contribution in [2.75, 3.05) is 37.7 Å². The van der Waals surface area contributed by atoms with Crippen LogP contribution in [0, 0.1) is 5.41 Å². The molecule has 3 aliphatic rings. The van der Waals surface area contributed by atoms with E-state index in [9.17, 15) is 29.2 Å². The van der Waals surface area contributed by atoms with Crippen molar-refractivity contribution in [1.29, 1.82) is 0 Å². The normalized spacial score (nSPS) is 25.3. The Bertz CT molecular complexity index is 1170. The second kappa shape index (κ2) is 11.0. The Morgan fingerprint density at radius 1 is 1.34 bits per heavy atom. The standard InChI is InChI=1S/C21H26N6O9S2/c1-10(28)35-11(2)36-18(31)21(8-34-20(32)26-4-3-5-26)7-27-16(30)14(17(27)38-9-21)24-15(29)13(25-33)12-6-37-19(22)23-12/h6,11,14,17,33H,3-5,7-9H2,1-2H3,(H2,22,23)(H,24,29)/t11?,14?,17-,21?/m1/s1. The molecular formula is C21H26N6O9S2. The van der Waals surface area contributed by atoms with E-state index < -0.39 is 58.7 Å². The molecule has 0 saturated carbocycles. The topological polar surface area (TPSA) is 203 Å². The number of carbonyl (C=O) groups excluding carboxylic acids is 5. The third-order valence-electron chi connectivity index (χ3n) is 6.14. The van der Waals surface area contributed by atoms with Gasteiger partial charge in [-0.2, -0.15) is 0 Å². The number of nitrogens with zero attached hydrogens (tertiary/aromatic N) is 4. The van der Waals surface area contributed by atoms with Crippen LogP contribution in [-0.2, 0) is 33.4 Å². The number of β-lactam (4-membered cyclic amide) rings is 1. The van der Waals surface area contributed by atoms with Gasteiger partial charge in [-0.3, -0.25) is 19.2 Å². The van der Waals surface area contributed by atoms with Gasteiger partial charge >= 0.3 is 18.0 Å². The highest BCUT2D eigenvalue weighted by Gasteiger charge is 2.59. The first-order valence-electron chi connectivity index (χ1n) is 11.5. The molecule has 1 aromatic heterocycles. The molecule has 3 unspecified atom stereocenters. The Hall–Kier alpha value is -3.60. The molecule has 15 nitrogen and oxygen atoms in total. The summed E-state index contributed by atoms with van der Waals surface area (Å²) in [6, 6.07) is -0.960. The summed E-state index contributed by atoms with van der Waals surface area (Å²) in [5, 5.41) is 15.9. The molecule has 0 spiro atoms. The lowest BCUT2D eigenvalue weighted by Crippen LogP contribution is -2.74. The zero-order chi connectivity index (χ0) is 27.6. The van der Waals surface area contributed by atoms with Crippen LogP contribution in [0.2, 0.25) is 0 Å². The monoisotopic (exact) mass is 570 g/mol. The molecule has 17 heteroatoms. The maximum atomic E-state index is 13.2. The van der Waals surface area contributed by atoms with Crippen molar-refractivity contribution in [3.8, 4) is 0 Å². The van der Waals surface area contributed by atoms with E-state index in [1.807, 2.05) is 0 Å². The maximum absolute atomic E-state index is 13.2. The average Bonchev–Trinajstić information content (AvgIpc) is 3.25. The van der Waals surface area contributed by atoms with E-state index in [1.165, 1.54) is 40.8 Å². The number of hydrogen-bond acceptors (Lipinski definition) is 14. The van der Waals surface area contributed by atoms with Gasteiger partial charge in [0.05, 0.1) is 0 Å². The first kappa shape index (κ1) is 27.4. The number of likely N-dealkylation sites (tertiary alicyclic amines) is 1. The van der Waals surface area contributed by atoms with Crippen LogP contribution in [0.3, 0.4) is 0 Å². The smallest absolute Gasteiger partial charge is 0.409 e. The minimum atomic E-state index is -1.43. The first-order chi connectivity index (χ1) is 18.0. The molecule has 4 rings (SSSR count). The number of thiazole rings is 1. The van der Waals surface area contributed by atoms with Gasteiger partial charge in [0.25, 0.3) is 5.91 Å². The second-order valence-corrected chi connectivity index (χ2v) is 10.9. The fourth-order valence-corrected chi connectivity index (χ4v) is 6.11. The highest BCUT2D eigenvalue weighted by atomic mass is 32.2. The first-order valence-corrected chi connectivity index (χ1v) is 13.4. The van der Waals surface area contributed by atoms with Crippen molar-refractivity contribution >= 4 is 63.8 Å². The summed E-state index contributed by atoms with van der Waals surface area (Å²) in [4.78, 5) is 69.2. The van der Waals surface area contributed by atoms with Gasteiger partial charge in [-0.1, -0.05) is 5.16 Å². The number of nitrogens with one attached hydrogen (secondary N) is 1. The van der Waals surface area contributed by atoms with E-state index in [0.29, 0.717) is 13.1 Å².